The first kappa shape index (κ1) is 11.9. The Morgan fingerprint density at radius 3 is 2.44 bits per heavy atom. The van der Waals surface area contributed by atoms with Crippen molar-refractivity contribution in [3.8, 4) is 0 Å². The Kier molecular flexibility index (Phi) is 3.49. The fourth-order valence-electron chi connectivity index (χ4n) is 1.68. The van der Waals surface area contributed by atoms with Crippen LogP contribution in [0.25, 0.3) is 0 Å². The minimum atomic E-state index is -0.177. The van der Waals surface area contributed by atoms with Gasteiger partial charge in [-0.25, -0.2) is 0 Å². The number of alkyl halides is 1. The van der Waals surface area contributed by atoms with Gasteiger partial charge < -0.3 is 0 Å². The van der Waals surface area contributed by atoms with Gasteiger partial charge in [0.25, 0.3) is 0 Å². The molecule has 1 unspecified atom stereocenters. The van der Waals surface area contributed by atoms with Crippen LogP contribution < -0.4 is 4.90 Å². The fourth-order valence-corrected chi connectivity index (χ4v) is 2.49. The summed E-state index contributed by atoms with van der Waals surface area (Å²) in [4.78, 5) is 24.9. The minimum Gasteiger partial charge on any atom is -0.274 e. The highest BCUT2D eigenvalue weighted by Crippen LogP contribution is 2.28. The van der Waals surface area contributed by atoms with Crippen molar-refractivity contribution >= 4 is 51.7 Å². The average Bonchev–Trinajstić information content (AvgIpc) is 2.56. The van der Waals surface area contributed by atoms with Crippen molar-refractivity contribution in [2.24, 2.45) is 5.92 Å². The van der Waals surface area contributed by atoms with Crippen LogP contribution in [0.15, 0.2) is 24.3 Å². The van der Waals surface area contributed by atoms with Crippen LogP contribution in [-0.2, 0) is 9.59 Å². The van der Waals surface area contributed by atoms with E-state index < -0.39 is 0 Å². The highest BCUT2D eigenvalue weighted by molar-refractivity contribution is 14.1. The summed E-state index contributed by atoms with van der Waals surface area (Å²) < 4.78 is 0.673. The Labute approximate surface area is 112 Å². The average molecular weight is 350 g/mol. The normalized spacial score (nSPS) is 20.6. The van der Waals surface area contributed by atoms with Gasteiger partial charge in [0, 0.05) is 15.9 Å². The molecule has 2 rings (SSSR count). The maximum Gasteiger partial charge on any atom is 0.238 e. The standard InChI is InChI=1S/C11H9ClINO2/c12-8-1-3-9(4-2-8)14-10(15)5-7(6-13)11(14)16/h1-4,7H,5-6H2. The Bertz CT molecular complexity index is 432. The van der Waals surface area contributed by atoms with Crippen LogP contribution in [-0.4, -0.2) is 16.2 Å². The quantitative estimate of drug-likeness (QED) is 0.468. The third-order valence-electron chi connectivity index (χ3n) is 2.51. The van der Waals surface area contributed by atoms with E-state index in [0.717, 1.165) is 0 Å². The molecule has 0 radical (unpaired) electrons. The Hall–Kier alpha value is -0.620. The molecule has 0 N–H and O–H groups in total. The molecular weight excluding hydrogens is 340 g/mol. The van der Waals surface area contributed by atoms with Gasteiger partial charge in [-0.3, -0.25) is 14.5 Å². The summed E-state index contributed by atoms with van der Waals surface area (Å²) in [5, 5.41) is 0.591. The first-order valence-electron chi connectivity index (χ1n) is 4.82. The molecule has 1 atom stereocenters. The summed E-state index contributed by atoms with van der Waals surface area (Å²) >= 11 is 7.89. The summed E-state index contributed by atoms with van der Waals surface area (Å²) in [6.07, 6.45) is 0.310. The van der Waals surface area contributed by atoms with Crippen molar-refractivity contribution in [2.75, 3.05) is 9.33 Å². The summed E-state index contributed by atoms with van der Waals surface area (Å²) in [6.45, 7) is 0. The van der Waals surface area contributed by atoms with E-state index in [1.807, 2.05) is 0 Å². The number of imide groups is 1. The van der Waals surface area contributed by atoms with Gasteiger partial charge in [0.15, 0.2) is 0 Å². The van der Waals surface area contributed by atoms with Gasteiger partial charge in [0.05, 0.1) is 11.6 Å². The van der Waals surface area contributed by atoms with Crippen LogP contribution in [0, 0.1) is 5.92 Å². The lowest BCUT2D eigenvalue weighted by atomic mass is 10.1. The maximum absolute atomic E-state index is 11.9. The molecule has 1 saturated heterocycles. The molecule has 1 aliphatic rings. The highest BCUT2D eigenvalue weighted by Gasteiger charge is 2.38. The summed E-state index contributed by atoms with van der Waals surface area (Å²) in [6, 6.07) is 6.73. The molecule has 1 heterocycles. The fraction of sp³-hybridized carbons (Fsp3) is 0.273. The molecule has 1 aromatic carbocycles. The number of anilines is 1. The molecular formula is C11H9ClINO2. The second-order valence-electron chi connectivity index (χ2n) is 3.60. The Morgan fingerprint density at radius 1 is 1.31 bits per heavy atom. The topological polar surface area (TPSA) is 37.4 Å². The van der Waals surface area contributed by atoms with E-state index in [2.05, 4.69) is 22.6 Å². The lowest BCUT2D eigenvalue weighted by Gasteiger charge is -2.14. The Balaban J connectivity index is 2.31. The summed E-state index contributed by atoms with van der Waals surface area (Å²) in [5.74, 6) is -0.417. The van der Waals surface area contributed by atoms with Gasteiger partial charge in [-0.05, 0) is 24.3 Å². The zero-order valence-corrected chi connectivity index (χ0v) is 11.2. The van der Waals surface area contributed by atoms with E-state index in [-0.39, 0.29) is 17.7 Å². The van der Waals surface area contributed by atoms with Crippen LogP contribution >= 0.6 is 34.2 Å². The number of hydrogen-bond acceptors (Lipinski definition) is 2. The predicted molar refractivity (Wildman–Crippen MR) is 70.9 cm³/mol. The van der Waals surface area contributed by atoms with Gasteiger partial charge >= 0.3 is 0 Å². The predicted octanol–water partition coefficient (Wildman–Crippen LogP) is 2.65. The number of amides is 2. The lowest BCUT2D eigenvalue weighted by Crippen LogP contribution is -2.30. The second-order valence-corrected chi connectivity index (χ2v) is 4.92. The third-order valence-corrected chi connectivity index (χ3v) is 3.83. The van der Waals surface area contributed by atoms with Gasteiger partial charge in [-0.2, -0.15) is 0 Å². The molecule has 2 amide bonds. The van der Waals surface area contributed by atoms with Gasteiger partial charge in [0.2, 0.25) is 11.8 Å². The van der Waals surface area contributed by atoms with Crippen molar-refractivity contribution in [3.63, 3.8) is 0 Å². The molecule has 0 saturated carbocycles. The van der Waals surface area contributed by atoms with Gasteiger partial charge in [0.1, 0.15) is 0 Å². The number of nitrogens with zero attached hydrogens (tertiary/aromatic N) is 1. The molecule has 5 heteroatoms. The number of halogens is 2. The summed E-state index contributed by atoms with van der Waals surface area (Å²) in [7, 11) is 0. The molecule has 3 nitrogen and oxygen atoms in total. The number of rotatable bonds is 2. The first-order valence-corrected chi connectivity index (χ1v) is 6.72. The molecule has 0 aromatic heterocycles. The monoisotopic (exact) mass is 349 g/mol. The molecule has 0 bridgehead atoms. The molecule has 1 fully saturated rings. The van der Waals surface area contributed by atoms with Crippen molar-refractivity contribution in [1.29, 1.82) is 0 Å². The maximum atomic E-state index is 11.9. The van der Waals surface area contributed by atoms with Crippen molar-refractivity contribution in [3.05, 3.63) is 29.3 Å². The zero-order valence-electron chi connectivity index (χ0n) is 8.32. The van der Waals surface area contributed by atoms with Crippen LogP contribution in [0.2, 0.25) is 5.02 Å². The van der Waals surface area contributed by atoms with E-state index in [1.54, 1.807) is 24.3 Å². The van der Waals surface area contributed by atoms with E-state index in [1.165, 1.54) is 4.90 Å². The van der Waals surface area contributed by atoms with E-state index >= 15 is 0 Å². The third kappa shape index (κ3) is 2.08. The number of benzene rings is 1. The van der Waals surface area contributed by atoms with Crippen LogP contribution in [0.5, 0.6) is 0 Å². The van der Waals surface area contributed by atoms with E-state index in [0.29, 0.717) is 21.6 Å². The van der Waals surface area contributed by atoms with E-state index in [4.69, 9.17) is 11.6 Å². The second kappa shape index (κ2) is 4.71. The van der Waals surface area contributed by atoms with Crippen LogP contribution in [0.4, 0.5) is 5.69 Å². The number of carbonyl (C=O) groups is 2. The highest BCUT2D eigenvalue weighted by atomic mass is 127. The molecule has 84 valence electrons. The van der Waals surface area contributed by atoms with Gasteiger partial charge in [-0.15, -0.1) is 0 Å². The van der Waals surface area contributed by atoms with Crippen LogP contribution in [0.1, 0.15) is 6.42 Å². The number of carbonyl (C=O) groups excluding carboxylic acids is 2. The molecule has 0 aliphatic carbocycles. The molecule has 1 aromatic rings. The van der Waals surface area contributed by atoms with Crippen molar-refractivity contribution in [1.82, 2.24) is 0 Å². The zero-order chi connectivity index (χ0) is 11.7. The van der Waals surface area contributed by atoms with E-state index in [9.17, 15) is 9.59 Å². The SMILES string of the molecule is O=C1CC(CI)C(=O)N1c1ccc(Cl)cc1. The van der Waals surface area contributed by atoms with Crippen LogP contribution in [0.3, 0.4) is 0 Å². The smallest absolute Gasteiger partial charge is 0.238 e. The molecule has 1 aliphatic heterocycles. The van der Waals surface area contributed by atoms with Crippen molar-refractivity contribution < 1.29 is 9.59 Å². The number of hydrogen-bond donors (Lipinski definition) is 0. The molecule has 0 spiro atoms. The minimum absolute atomic E-state index is 0.110. The molecule has 16 heavy (non-hydrogen) atoms. The summed E-state index contributed by atoms with van der Waals surface area (Å²) in [5.41, 5.74) is 0.603. The van der Waals surface area contributed by atoms with Gasteiger partial charge in [-0.1, -0.05) is 34.2 Å². The Morgan fingerprint density at radius 2 is 1.94 bits per heavy atom. The van der Waals surface area contributed by atoms with Crippen molar-refractivity contribution in [2.45, 2.75) is 6.42 Å². The lowest BCUT2D eigenvalue weighted by molar-refractivity contribution is -0.122. The first-order chi connectivity index (χ1) is 7.63. The largest absolute Gasteiger partial charge is 0.274 e.